The summed E-state index contributed by atoms with van der Waals surface area (Å²) in [6.45, 7) is 1.63. The van der Waals surface area contributed by atoms with E-state index in [2.05, 4.69) is 0 Å². The van der Waals surface area contributed by atoms with Crippen LogP contribution in [-0.4, -0.2) is 5.78 Å². The monoisotopic (exact) mass is 245 g/mol. The fourth-order valence-electron chi connectivity index (χ4n) is 1.63. The van der Waals surface area contributed by atoms with Crippen LogP contribution in [0, 0.1) is 17.9 Å². The minimum Gasteiger partial charge on any atom is -0.618 e. The normalized spacial score (nSPS) is 10.3. The van der Waals surface area contributed by atoms with E-state index in [1.807, 2.05) is 0 Å². The Morgan fingerprint density at radius 2 is 2.11 bits per heavy atom. The summed E-state index contributed by atoms with van der Waals surface area (Å²) in [4.78, 5) is 11.9. The lowest BCUT2D eigenvalue weighted by Crippen LogP contribution is -2.32. The molecule has 0 spiro atoms. The Bertz CT molecular complexity index is 596. The van der Waals surface area contributed by atoms with E-state index in [4.69, 9.17) is 0 Å². The zero-order chi connectivity index (χ0) is 13.1. The Labute approximate surface area is 104 Å². The fourth-order valence-corrected chi connectivity index (χ4v) is 1.63. The average Bonchev–Trinajstić information content (AvgIpc) is 2.35. The first-order valence-electron chi connectivity index (χ1n) is 5.54. The second kappa shape index (κ2) is 4.96. The van der Waals surface area contributed by atoms with E-state index in [-0.39, 0.29) is 17.8 Å². The van der Waals surface area contributed by atoms with Gasteiger partial charge >= 0.3 is 0 Å². The summed E-state index contributed by atoms with van der Waals surface area (Å²) in [6, 6.07) is 9.18. The molecule has 0 saturated carbocycles. The van der Waals surface area contributed by atoms with Crippen molar-refractivity contribution in [3.05, 3.63) is 70.4 Å². The van der Waals surface area contributed by atoms with Crippen LogP contribution in [0.4, 0.5) is 4.39 Å². The van der Waals surface area contributed by atoms with Crippen LogP contribution < -0.4 is 4.73 Å². The molecular weight excluding hydrogens is 233 g/mol. The summed E-state index contributed by atoms with van der Waals surface area (Å²) in [5.41, 5.74) is 1.12. The summed E-state index contributed by atoms with van der Waals surface area (Å²) in [7, 11) is 0. The van der Waals surface area contributed by atoms with E-state index in [1.54, 1.807) is 37.3 Å². The Morgan fingerprint density at radius 1 is 1.33 bits per heavy atom. The van der Waals surface area contributed by atoms with Gasteiger partial charge in [0.1, 0.15) is 5.82 Å². The maximum atomic E-state index is 13.3. The summed E-state index contributed by atoms with van der Waals surface area (Å²) in [5.74, 6) is -0.686. The van der Waals surface area contributed by atoms with Gasteiger partial charge in [-0.15, -0.1) is 0 Å². The molecule has 2 aromatic rings. The van der Waals surface area contributed by atoms with E-state index in [0.717, 1.165) is 0 Å². The minimum absolute atomic E-state index is 0.0349. The van der Waals surface area contributed by atoms with Crippen molar-refractivity contribution in [2.45, 2.75) is 13.3 Å². The van der Waals surface area contributed by atoms with Gasteiger partial charge in [0.15, 0.2) is 12.0 Å². The summed E-state index contributed by atoms with van der Waals surface area (Å²) in [6.07, 6.45) is 1.30. The van der Waals surface area contributed by atoms with Gasteiger partial charge in [-0.25, -0.2) is 4.39 Å². The van der Waals surface area contributed by atoms with Crippen LogP contribution in [0.3, 0.4) is 0 Å². The summed E-state index contributed by atoms with van der Waals surface area (Å²) < 4.78 is 14.0. The van der Waals surface area contributed by atoms with Crippen molar-refractivity contribution in [3.63, 3.8) is 0 Å². The lowest BCUT2D eigenvalue weighted by atomic mass is 10.0. The number of hydrogen-bond donors (Lipinski definition) is 0. The number of hydrogen-bond acceptors (Lipinski definition) is 2. The second-order valence-electron chi connectivity index (χ2n) is 4.08. The fraction of sp³-hybridized carbons (Fsp3) is 0.143. The second-order valence-corrected chi connectivity index (χ2v) is 4.08. The number of Topliss-reactive ketones (excluding diaryl/α,β-unsaturated/α-hetero) is 1. The molecule has 0 aliphatic rings. The predicted molar refractivity (Wildman–Crippen MR) is 64.6 cm³/mol. The maximum Gasteiger partial charge on any atom is 0.200 e. The molecule has 0 radical (unpaired) electrons. The van der Waals surface area contributed by atoms with Crippen LogP contribution in [-0.2, 0) is 6.42 Å². The van der Waals surface area contributed by atoms with Crippen molar-refractivity contribution >= 4 is 5.78 Å². The number of ketones is 1. The van der Waals surface area contributed by atoms with E-state index in [9.17, 15) is 14.4 Å². The van der Waals surface area contributed by atoms with Gasteiger partial charge in [0.2, 0.25) is 5.69 Å². The number of nitrogens with zero attached hydrogens (tertiary/aromatic N) is 1. The molecule has 0 fully saturated rings. The number of aryl methyl sites for hydroxylation is 1. The van der Waals surface area contributed by atoms with Gasteiger partial charge < -0.3 is 5.21 Å². The third-order valence-corrected chi connectivity index (χ3v) is 2.74. The molecule has 0 aliphatic heterocycles. The Balaban J connectivity index is 2.22. The molecule has 2 rings (SSSR count). The van der Waals surface area contributed by atoms with E-state index >= 15 is 0 Å². The van der Waals surface area contributed by atoms with Gasteiger partial charge in [-0.3, -0.25) is 4.79 Å². The van der Waals surface area contributed by atoms with Gasteiger partial charge in [0.05, 0.1) is 6.42 Å². The lowest BCUT2D eigenvalue weighted by molar-refractivity contribution is -0.613. The van der Waals surface area contributed by atoms with Crippen molar-refractivity contribution in [1.82, 2.24) is 0 Å². The number of rotatable bonds is 3. The average molecular weight is 245 g/mol. The molecular formula is C14H12FNO2. The van der Waals surface area contributed by atoms with Crippen molar-refractivity contribution in [1.29, 1.82) is 0 Å². The molecule has 0 saturated heterocycles. The molecule has 1 aromatic carbocycles. The predicted octanol–water partition coefficient (Wildman–Crippen LogP) is 2.19. The van der Waals surface area contributed by atoms with Crippen LogP contribution in [0.2, 0.25) is 0 Å². The molecule has 92 valence electrons. The first-order chi connectivity index (χ1) is 8.58. The largest absolute Gasteiger partial charge is 0.618 e. The molecule has 1 heterocycles. The number of carbonyl (C=O) groups excluding carboxylic acids is 1. The number of benzene rings is 1. The van der Waals surface area contributed by atoms with Crippen LogP contribution >= 0.6 is 0 Å². The quantitative estimate of drug-likeness (QED) is 0.472. The van der Waals surface area contributed by atoms with Crippen molar-refractivity contribution < 1.29 is 13.9 Å². The minimum atomic E-state index is -0.413. The van der Waals surface area contributed by atoms with Crippen molar-refractivity contribution in [2.75, 3.05) is 0 Å². The zero-order valence-electron chi connectivity index (χ0n) is 9.89. The molecule has 0 atom stereocenters. The number of halogens is 1. The number of carbonyl (C=O) groups is 1. The molecule has 18 heavy (non-hydrogen) atoms. The Morgan fingerprint density at radius 3 is 2.78 bits per heavy atom. The smallest absolute Gasteiger partial charge is 0.200 e. The van der Waals surface area contributed by atoms with Crippen molar-refractivity contribution in [2.24, 2.45) is 0 Å². The highest BCUT2D eigenvalue weighted by molar-refractivity contribution is 5.97. The summed E-state index contributed by atoms with van der Waals surface area (Å²) in [5, 5.41) is 11.4. The molecule has 4 heteroatoms. The molecule has 0 aliphatic carbocycles. The van der Waals surface area contributed by atoms with E-state index in [1.165, 1.54) is 12.3 Å². The number of pyridine rings is 1. The van der Waals surface area contributed by atoms with Gasteiger partial charge in [-0.2, -0.15) is 4.73 Å². The topological polar surface area (TPSA) is 44.0 Å². The lowest BCUT2D eigenvalue weighted by Gasteiger charge is -2.04. The molecule has 0 bridgehead atoms. The van der Waals surface area contributed by atoms with Gasteiger partial charge in [0.25, 0.3) is 0 Å². The maximum absolute atomic E-state index is 13.3. The molecule has 0 unspecified atom stereocenters. The molecule has 0 N–H and O–H groups in total. The molecule has 0 amide bonds. The third-order valence-electron chi connectivity index (χ3n) is 2.74. The van der Waals surface area contributed by atoms with Crippen LogP contribution in [0.25, 0.3) is 0 Å². The molecule has 3 nitrogen and oxygen atoms in total. The highest BCUT2D eigenvalue weighted by Gasteiger charge is 2.13. The Hall–Kier alpha value is -2.23. The van der Waals surface area contributed by atoms with Crippen LogP contribution in [0.5, 0.6) is 0 Å². The first-order valence-corrected chi connectivity index (χ1v) is 5.54. The zero-order valence-corrected chi connectivity index (χ0v) is 9.89. The Kier molecular flexibility index (Phi) is 3.37. The highest BCUT2D eigenvalue weighted by atomic mass is 19.1. The van der Waals surface area contributed by atoms with Crippen molar-refractivity contribution in [3.8, 4) is 0 Å². The summed E-state index contributed by atoms with van der Waals surface area (Å²) >= 11 is 0. The first kappa shape index (κ1) is 12.2. The highest BCUT2D eigenvalue weighted by Crippen LogP contribution is 2.11. The van der Waals surface area contributed by atoms with Gasteiger partial charge in [0, 0.05) is 17.7 Å². The van der Waals surface area contributed by atoms with Gasteiger partial charge in [-0.1, -0.05) is 12.1 Å². The van der Waals surface area contributed by atoms with E-state index in [0.29, 0.717) is 16.0 Å². The number of aromatic nitrogens is 1. The molecule has 1 aromatic heterocycles. The van der Waals surface area contributed by atoms with Crippen LogP contribution in [0.15, 0.2) is 42.6 Å². The van der Waals surface area contributed by atoms with Gasteiger partial charge in [-0.05, 0) is 24.6 Å². The van der Waals surface area contributed by atoms with E-state index < -0.39 is 5.82 Å². The standard InChI is InChI=1S/C14H12FNO2/c1-10-5-6-11(8-13(10)15)14(17)9-12-4-2-3-7-16(12)18/h2-8H,9H2,1H3. The third kappa shape index (κ3) is 2.53. The van der Waals surface area contributed by atoms with Crippen LogP contribution in [0.1, 0.15) is 21.6 Å². The SMILES string of the molecule is Cc1ccc(C(=O)Cc2cccc[n+]2[O-])cc1F.